The maximum absolute atomic E-state index is 6.24. The lowest BCUT2D eigenvalue weighted by molar-refractivity contribution is 0.837. The van der Waals surface area contributed by atoms with E-state index in [4.69, 9.17) is 17.3 Å². The Kier molecular flexibility index (Phi) is 2.96. The molecule has 0 saturated carbocycles. The molecule has 0 aliphatic rings. The molecule has 0 aliphatic heterocycles. The molecule has 96 valence electrons. The number of halogens is 1. The summed E-state index contributed by atoms with van der Waals surface area (Å²) in [4.78, 5) is 0. The van der Waals surface area contributed by atoms with E-state index in [0.717, 1.165) is 17.1 Å². The Morgan fingerprint density at radius 2 is 1.95 bits per heavy atom. The molecule has 0 atom stereocenters. The highest BCUT2D eigenvalue weighted by atomic mass is 35.5. The predicted molar refractivity (Wildman–Crippen MR) is 81.6 cm³/mol. The summed E-state index contributed by atoms with van der Waals surface area (Å²) in [5, 5.41) is 1.96. The molecule has 0 aliphatic carbocycles. The minimum atomic E-state index is 0.696. The fourth-order valence-electron chi connectivity index (χ4n) is 2.31. The van der Waals surface area contributed by atoms with Gasteiger partial charge < -0.3 is 10.3 Å². The Morgan fingerprint density at radius 3 is 2.74 bits per heavy atom. The van der Waals surface area contributed by atoms with Gasteiger partial charge in [-0.15, -0.1) is 0 Å². The van der Waals surface area contributed by atoms with Crippen molar-refractivity contribution in [3.8, 4) is 0 Å². The lowest BCUT2D eigenvalue weighted by Crippen LogP contribution is -1.99. The second-order valence-electron chi connectivity index (χ2n) is 4.86. The van der Waals surface area contributed by atoms with Crippen LogP contribution >= 0.6 is 11.6 Å². The van der Waals surface area contributed by atoms with Gasteiger partial charge in [0.2, 0.25) is 0 Å². The topological polar surface area (TPSA) is 30.9 Å². The number of benzene rings is 2. The maximum atomic E-state index is 6.24. The molecule has 0 bridgehead atoms. The molecule has 2 nitrogen and oxygen atoms in total. The summed E-state index contributed by atoms with van der Waals surface area (Å²) < 4.78 is 2.21. The van der Waals surface area contributed by atoms with Crippen molar-refractivity contribution in [3.63, 3.8) is 0 Å². The highest BCUT2D eigenvalue weighted by molar-refractivity contribution is 6.31. The largest absolute Gasteiger partial charge is 0.399 e. The number of hydrogen-bond acceptors (Lipinski definition) is 1. The van der Waals surface area contributed by atoms with E-state index in [0.29, 0.717) is 5.69 Å². The van der Waals surface area contributed by atoms with Gasteiger partial charge >= 0.3 is 0 Å². The SMILES string of the molecule is Cc1ccc2ccn(Cc3ccc(N)cc3Cl)c2c1. The molecule has 0 radical (unpaired) electrons. The van der Waals surface area contributed by atoms with E-state index in [1.807, 2.05) is 12.1 Å². The number of rotatable bonds is 2. The minimum absolute atomic E-state index is 0.696. The van der Waals surface area contributed by atoms with Crippen molar-refractivity contribution in [2.24, 2.45) is 0 Å². The van der Waals surface area contributed by atoms with Gasteiger partial charge in [-0.3, -0.25) is 0 Å². The van der Waals surface area contributed by atoms with Crippen molar-refractivity contribution >= 4 is 28.2 Å². The van der Waals surface area contributed by atoms with Gasteiger partial charge in [-0.05, 0) is 47.7 Å². The Balaban J connectivity index is 2.03. The van der Waals surface area contributed by atoms with Crippen LogP contribution in [-0.4, -0.2) is 4.57 Å². The smallest absolute Gasteiger partial charge is 0.0490 e. The van der Waals surface area contributed by atoms with Crippen molar-refractivity contribution in [1.82, 2.24) is 4.57 Å². The summed E-state index contributed by atoms with van der Waals surface area (Å²) in [5.41, 5.74) is 9.98. The summed E-state index contributed by atoms with van der Waals surface area (Å²) >= 11 is 6.24. The lowest BCUT2D eigenvalue weighted by Gasteiger charge is -2.08. The quantitative estimate of drug-likeness (QED) is 0.694. The molecule has 19 heavy (non-hydrogen) atoms. The molecule has 3 heteroatoms. The first kappa shape index (κ1) is 12.1. The molecule has 3 rings (SSSR count). The molecular weight excluding hydrogens is 256 g/mol. The molecule has 2 N–H and O–H groups in total. The Bertz CT molecular complexity index is 744. The zero-order chi connectivity index (χ0) is 13.4. The van der Waals surface area contributed by atoms with Crippen LogP contribution in [0.1, 0.15) is 11.1 Å². The average Bonchev–Trinajstić information content (AvgIpc) is 2.75. The van der Waals surface area contributed by atoms with Crippen LogP contribution in [0.25, 0.3) is 10.9 Å². The first-order valence-electron chi connectivity index (χ1n) is 6.23. The molecule has 0 fully saturated rings. The molecule has 0 saturated heterocycles. The number of hydrogen-bond donors (Lipinski definition) is 1. The first-order chi connectivity index (χ1) is 9.13. The van der Waals surface area contributed by atoms with E-state index in [9.17, 15) is 0 Å². The van der Waals surface area contributed by atoms with Crippen LogP contribution in [0.2, 0.25) is 5.02 Å². The number of nitrogens with zero attached hydrogens (tertiary/aromatic N) is 1. The monoisotopic (exact) mass is 270 g/mol. The van der Waals surface area contributed by atoms with Crippen molar-refractivity contribution in [3.05, 3.63) is 64.8 Å². The summed E-state index contributed by atoms with van der Waals surface area (Å²) in [6.07, 6.45) is 2.09. The van der Waals surface area contributed by atoms with Crippen LogP contribution < -0.4 is 5.73 Å². The van der Waals surface area contributed by atoms with E-state index < -0.39 is 0 Å². The Labute approximate surface area is 117 Å². The average molecular weight is 271 g/mol. The summed E-state index contributed by atoms with van der Waals surface area (Å²) in [6, 6.07) is 14.3. The van der Waals surface area contributed by atoms with Gasteiger partial charge in [0.15, 0.2) is 0 Å². The minimum Gasteiger partial charge on any atom is -0.399 e. The molecule has 0 amide bonds. The van der Waals surface area contributed by atoms with Gasteiger partial charge in [-0.25, -0.2) is 0 Å². The molecule has 1 aromatic heterocycles. The van der Waals surface area contributed by atoms with Crippen LogP contribution in [0, 0.1) is 6.92 Å². The number of nitrogens with two attached hydrogens (primary N) is 1. The van der Waals surface area contributed by atoms with E-state index in [2.05, 4.69) is 42.0 Å². The fourth-order valence-corrected chi connectivity index (χ4v) is 2.56. The molecule has 0 spiro atoms. The normalized spacial score (nSPS) is 11.1. The van der Waals surface area contributed by atoms with Crippen LogP contribution in [0.4, 0.5) is 5.69 Å². The van der Waals surface area contributed by atoms with Crippen molar-refractivity contribution in [1.29, 1.82) is 0 Å². The van der Waals surface area contributed by atoms with E-state index in [1.165, 1.54) is 16.5 Å². The van der Waals surface area contributed by atoms with Gasteiger partial charge in [-0.2, -0.15) is 0 Å². The summed E-state index contributed by atoms with van der Waals surface area (Å²) in [5.74, 6) is 0. The lowest BCUT2D eigenvalue weighted by atomic mass is 10.2. The number of aryl methyl sites for hydroxylation is 1. The zero-order valence-corrected chi connectivity index (χ0v) is 11.5. The van der Waals surface area contributed by atoms with Crippen molar-refractivity contribution in [2.45, 2.75) is 13.5 Å². The van der Waals surface area contributed by atoms with Crippen LogP contribution in [-0.2, 0) is 6.54 Å². The standard InChI is InChI=1S/C16H15ClN2/c1-11-2-3-12-6-7-19(16(12)8-11)10-13-4-5-14(18)9-15(13)17/h2-9H,10,18H2,1H3. The van der Waals surface area contributed by atoms with Gasteiger partial charge in [0.05, 0.1) is 0 Å². The molecule has 3 aromatic rings. The molecule has 0 unspecified atom stereocenters. The van der Waals surface area contributed by atoms with Crippen LogP contribution in [0.3, 0.4) is 0 Å². The third kappa shape index (κ3) is 2.32. The Hall–Kier alpha value is -1.93. The summed E-state index contributed by atoms with van der Waals surface area (Å²) in [6.45, 7) is 2.86. The molecule has 1 heterocycles. The van der Waals surface area contributed by atoms with E-state index in [1.54, 1.807) is 6.07 Å². The first-order valence-corrected chi connectivity index (χ1v) is 6.61. The van der Waals surface area contributed by atoms with Gasteiger partial charge in [0.25, 0.3) is 0 Å². The number of anilines is 1. The second-order valence-corrected chi connectivity index (χ2v) is 5.26. The van der Waals surface area contributed by atoms with E-state index in [-0.39, 0.29) is 0 Å². The van der Waals surface area contributed by atoms with Gasteiger partial charge in [0.1, 0.15) is 0 Å². The van der Waals surface area contributed by atoms with Crippen molar-refractivity contribution < 1.29 is 0 Å². The maximum Gasteiger partial charge on any atom is 0.0490 e. The van der Waals surface area contributed by atoms with Gasteiger partial charge in [-0.1, -0.05) is 29.8 Å². The fraction of sp³-hybridized carbons (Fsp3) is 0.125. The van der Waals surface area contributed by atoms with Crippen LogP contribution in [0.15, 0.2) is 48.7 Å². The number of fused-ring (bicyclic) bond motifs is 1. The second kappa shape index (κ2) is 4.63. The predicted octanol–water partition coefficient (Wildman–Crippen LogP) is 4.23. The third-order valence-corrected chi connectivity index (χ3v) is 3.70. The highest BCUT2D eigenvalue weighted by Crippen LogP contribution is 2.23. The number of nitrogen functional groups attached to an aromatic ring is 1. The van der Waals surface area contributed by atoms with E-state index >= 15 is 0 Å². The zero-order valence-electron chi connectivity index (χ0n) is 10.7. The molecule has 2 aromatic carbocycles. The summed E-state index contributed by atoms with van der Waals surface area (Å²) in [7, 11) is 0. The highest BCUT2D eigenvalue weighted by Gasteiger charge is 2.05. The number of aromatic nitrogens is 1. The van der Waals surface area contributed by atoms with Crippen LogP contribution in [0.5, 0.6) is 0 Å². The third-order valence-electron chi connectivity index (χ3n) is 3.35. The molecular formula is C16H15ClN2. The van der Waals surface area contributed by atoms with Gasteiger partial charge in [0, 0.05) is 29.0 Å². The van der Waals surface area contributed by atoms with Crippen molar-refractivity contribution in [2.75, 3.05) is 5.73 Å². The Morgan fingerprint density at radius 1 is 1.11 bits per heavy atom.